The molecule has 6 aliphatic rings. The molecule has 0 amide bonds. The molecule has 2 N–H and O–H groups in total. The molecule has 129 heavy (non-hydrogen) atoms. The van der Waals surface area contributed by atoms with E-state index in [1.54, 1.807) is 68.9 Å². The summed E-state index contributed by atoms with van der Waals surface area (Å²) in [7, 11) is -3.94. The Morgan fingerprint density at radius 1 is 0.481 bits per heavy atom. The first-order valence-corrected chi connectivity index (χ1v) is 49.1. The Morgan fingerprint density at radius 2 is 0.806 bits per heavy atom. The summed E-state index contributed by atoms with van der Waals surface area (Å²) in [5.41, 5.74) is 2.44. The zero-order chi connectivity index (χ0) is 92.8. The van der Waals surface area contributed by atoms with Crippen LogP contribution in [0.25, 0.3) is 0 Å². The van der Waals surface area contributed by atoms with Gasteiger partial charge in [-0.15, -0.1) is 23.5 Å². The molecule has 13 atom stereocenters. The summed E-state index contributed by atoms with van der Waals surface area (Å²) in [5.74, 6) is -3.47. The molecule has 0 saturated carbocycles. The number of aryl methyl sites for hydroxylation is 1. The number of ether oxygens (including phenoxy) is 9. The second-order valence-electron chi connectivity index (χ2n) is 33.8. The summed E-state index contributed by atoms with van der Waals surface area (Å²) in [6, 6.07) is 35.5. The van der Waals surface area contributed by atoms with Gasteiger partial charge in [-0.1, -0.05) is 160 Å². The Morgan fingerprint density at radius 3 is 1.13 bits per heavy atom. The topological polar surface area (TPSA) is 245 Å². The van der Waals surface area contributed by atoms with Crippen molar-refractivity contribution < 1.29 is 130 Å². The van der Waals surface area contributed by atoms with Crippen molar-refractivity contribution in [1.82, 2.24) is 0 Å². The Hall–Kier alpha value is -5.85. The van der Waals surface area contributed by atoms with Crippen molar-refractivity contribution in [3.8, 4) is 17.2 Å². The number of hydrogen-bond donors (Lipinski definition) is 2. The van der Waals surface area contributed by atoms with E-state index < -0.39 is 78.6 Å². The maximum atomic E-state index is 15.4. The van der Waals surface area contributed by atoms with Crippen LogP contribution >= 0.6 is 86.9 Å². The second-order valence-corrected chi connectivity index (χ2v) is 40.7. The summed E-state index contributed by atoms with van der Waals surface area (Å²) < 4.78 is 172. The molecule has 0 bridgehead atoms. The van der Waals surface area contributed by atoms with Crippen molar-refractivity contribution in [1.29, 1.82) is 0 Å². The van der Waals surface area contributed by atoms with Gasteiger partial charge in [0.15, 0.2) is 34.7 Å². The smallest absolute Gasteiger partial charge is 0.870 e. The van der Waals surface area contributed by atoms with E-state index in [1.807, 2.05) is 111 Å². The summed E-state index contributed by atoms with van der Waals surface area (Å²) in [5, 5.41) is 10.3. The van der Waals surface area contributed by atoms with Crippen LogP contribution < -0.4 is 33.1 Å². The first-order valence-electron chi connectivity index (χ1n) is 43.0. The zero-order valence-corrected chi connectivity index (χ0v) is 82.2. The predicted molar refractivity (Wildman–Crippen MR) is 495 cm³/mol. The standard InChI is InChI=1S/C28H27ClF2O5S.C28H33ClF2O4S.C26H29ClF2O4S.C7H13BrO2.C7H14O2S.Li.H2O/c1-18-2-8-21(9-3-18)37(32,33)36-14-12-25-22-17-35-27-24(31)11-10-23(30)26(27)28(22,13-15-34-25)16-19-4-6-20(29)7-5-19;1-4-33-27(32)26(17(2)3)36-14-11-23-20-16-35-25-22(31)10-9-21(30)24(25)28(20,12-13-34-23)15-18-5-7-19(29)8-6-18;1-15(2)24(25(30)31)34-12-9-21-18-14-33-23-20(29)8-7-19(28)22(23)26(18,10-11-32-21)13-16-3-5-17(27)6-4-16;1-4-10-7(9)6(8)5(2)3;1-4-9-7(8)6(10)5(2)3;;/h2-11,22,25H,12-17H2,1H3;5-10,17,20,23,26H,4,11-16H2,1-3H3;3-8,15,18,21,24H,9-14H2,1-2H3,(H,30,31);5-6H,4H2,1-3H3;5-6,10H,4H2,1-3H3;;1H2/q;;;;;+1;/p-1/t22-,25-,28-;20-,23-,26?,28-;18-,21-,24?,26-;;;;/m000..../s1. The van der Waals surface area contributed by atoms with Gasteiger partial charge in [0.25, 0.3) is 10.1 Å². The monoisotopic (exact) mass is 1990 g/mol. The maximum absolute atomic E-state index is 15.4. The number of fused-ring (bicyclic) bond motifs is 9. The fraction of sp³-hybridized carbons (Fsp3) is 0.521. The number of benzene rings is 7. The SMILES string of the molecule is CC(C)C(SCC[C@@H]1OCC[C@@]2(Cc3ccc(Cl)cc3)c3c(F)ccc(F)c3OC[C@@H]12)C(=O)O.CCOC(=O)C(Br)C(C)C.CCOC(=O)C(S)C(C)C.CCOC(=O)C(SCC[C@@H]1OCC[C@@]2(Cc3ccc(Cl)cc3)c3c(F)ccc(F)c3OC[C@@H]12)C(C)C.Cc1ccc(S(=O)(=O)OCC[C@@H]2OCC[C@@]3(Cc4ccc(Cl)cc4)c4c(F)ccc(F)c4OC[C@@H]23)cc1.[Li+].[OH-]. The van der Waals surface area contributed by atoms with Gasteiger partial charge in [0.05, 0.1) is 69.5 Å². The number of carboxylic acids is 1. The van der Waals surface area contributed by atoms with Crippen LogP contribution in [0.4, 0.5) is 26.3 Å². The third-order valence-electron chi connectivity index (χ3n) is 23.9. The minimum Gasteiger partial charge on any atom is -0.870 e. The van der Waals surface area contributed by atoms with Crippen molar-refractivity contribution in [3.63, 3.8) is 0 Å². The van der Waals surface area contributed by atoms with E-state index in [4.69, 9.17) is 81.6 Å². The quantitative estimate of drug-likeness (QED) is 0.00808. The Kier molecular flexibility index (Phi) is 43.7. The molecule has 6 aliphatic heterocycles. The number of carbonyl (C=O) groups is 4. The molecule has 0 aliphatic carbocycles. The third-order valence-corrected chi connectivity index (χ3v) is 31.4. The van der Waals surface area contributed by atoms with Crippen LogP contribution in [0.3, 0.4) is 0 Å². The van der Waals surface area contributed by atoms with Crippen LogP contribution in [0.1, 0.15) is 154 Å². The average molecular weight is 1990 g/mol. The molecule has 13 rings (SSSR count). The number of carbonyl (C=O) groups excluding carboxylic acids is 3. The molecule has 6 heterocycles. The summed E-state index contributed by atoms with van der Waals surface area (Å²) >= 11 is 28.5. The van der Waals surface area contributed by atoms with Crippen molar-refractivity contribution in [2.45, 2.75) is 201 Å². The van der Waals surface area contributed by atoms with Gasteiger partial charge in [-0.2, -0.15) is 21.0 Å². The van der Waals surface area contributed by atoms with E-state index >= 15 is 13.2 Å². The Bertz CT molecular complexity index is 4880. The third kappa shape index (κ3) is 28.2. The van der Waals surface area contributed by atoms with E-state index in [0.29, 0.717) is 129 Å². The van der Waals surface area contributed by atoms with Crippen LogP contribution in [-0.2, 0) is 97.4 Å². The number of alkyl halides is 1. The molecule has 18 nitrogen and oxygen atoms in total. The Labute approximate surface area is 804 Å². The molecular weight excluding hydrogens is 1880 g/mol. The van der Waals surface area contributed by atoms with E-state index in [1.165, 1.54) is 36.0 Å². The van der Waals surface area contributed by atoms with Gasteiger partial charge in [-0.05, 0) is 222 Å². The largest absolute Gasteiger partial charge is 1.00 e. The number of esters is 3. The molecule has 3 saturated heterocycles. The van der Waals surface area contributed by atoms with Crippen molar-refractivity contribution in [3.05, 3.63) is 222 Å². The van der Waals surface area contributed by atoms with E-state index in [-0.39, 0.29) is 171 Å². The molecule has 4 unspecified atom stereocenters. The van der Waals surface area contributed by atoms with Gasteiger partial charge < -0.3 is 53.2 Å². The molecule has 3 fully saturated rings. The van der Waals surface area contributed by atoms with Gasteiger partial charge >= 0.3 is 42.7 Å². The van der Waals surface area contributed by atoms with E-state index in [0.717, 1.165) is 46.5 Å². The zero-order valence-electron chi connectivity index (χ0n) is 75.0. The summed E-state index contributed by atoms with van der Waals surface area (Å²) in [6.45, 7) is 25.7. The molecule has 0 radical (unpaired) electrons. The number of rotatable bonds is 30. The number of halogens is 10. The second kappa shape index (κ2) is 51.2. The van der Waals surface area contributed by atoms with Gasteiger partial charge in [0.1, 0.15) is 38.0 Å². The van der Waals surface area contributed by atoms with Crippen LogP contribution in [0.15, 0.2) is 138 Å². The molecule has 33 heteroatoms. The minimum atomic E-state index is -3.94. The molecule has 7 aromatic carbocycles. The maximum Gasteiger partial charge on any atom is 1.00 e. The number of thioether (sulfide) groups is 2. The summed E-state index contributed by atoms with van der Waals surface area (Å²) in [4.78, 5) is 45.7. The Balaban J connectivity index is 0.000000237. The van der Waals surface area contributed by atoms with Crippen LogP contribution in [-0.4, -0.2) is 159 Å². The summed E-state index contributed by atoms with van der Waals surface area (Å²) in [6.07, 6.45) is 3.54. The average Bonchev–Trinajstić information content (AvgIpc) is 0.732. The number of thiol groups is 1. The van der Waals surface area contributed by atoms with E-state index in [2.05, 4.69) is 28.6 Å². The number of carboxylic acid groups (broad SMARTS) is 1. The van der Waals surface area contributed by atoms with Gasteiger partial charge in [-0.25, -0.2) is 26.3 Å². The fourth-order valence-corrected chi connectivity index (χ4v) is 21.3. The fourth-order valence-electron chi connectivity index (χ4n) is 17.5. The molecular formula is C96H117BrCl3F6LiO18S4. The first kappa shape index (κ1) is 110. The first-order chi connectivity index (χ1) is 60.4. The van der Waals surface area contributed by atoms with Crippen LogP contribution in [0.5, 0.6) is 17.2 Å². The molecule has 704 valence electrons. The van der Waals surface area contributed by atoms with Crippen molar-refractivity contribution in [2.75, 3.05) is 77.6 Å². The molecule has 0 aromatic heterocycles. The van der Waals surface area contributed by atoms with Crippen LogP contribution in [0.2, 0.25) is 15.1 Å². The van der Waals surface area contributed by atoms with Crippen molar-refractivity contribution >= 4 is 121 Å². The van der Waals surface area contributed by atoms with Gasteiger partial charge in [-0.3, -0.25) is 23.4 Å². The number of aliphatic carboxylic acids is 1. The normalized spacial score (nSPS) is 21.9. The minimum absolute atomic E-state index is 0. The molecule has 0 spiro atoms. The van der Waals surface area contributed by atoms with E-state index in [9.17, 15) is 45.9 Å². The van der Waals surface area contributed by atoms with Crippen LogP contribution in [0, 0.1) is 83.3 Å². The van der Waals surface area contributed by atoms with Gasteiger partial charge in [0, 0.05) is 85.6 Å². The number of hydrogen-bond acceptors (Lipinski definition) is 20. The van der Waals surface area contributed by atoms with Gasteiger partial charge in [0.2, 0.25) is 0 Å². The molecule has 7 aromatic rings. The predicted octanol–water partition coefficient (Wildman–Crippen LogP) is 19.0. The van der Waals surface area contributed by atoms with Crippen molar-refractivity contribution in [2.24, 2.45) is 41.4 Å².